The van der Waals surface area contributed by atoms with E-state index in [2.05, 4.69) is 22.1 Å². The van der Waals surface area contributed by atoms with Gasteiger partial charge in [0.2, 0.25) is 5.95 Å². The van der Waals surface area contributed by atoms with Gasteiger partial charge in [0, 0.05) is 26.8 Å². The van der Waals surface area contributed by atoms with Crippen LogP contribution >= 0.6 is 0 Å². The summed E-state index contributed by atoms with van der Waals surface area (Å²) >= 11 is 0. The summed E-state index contributed by atoms with van der Waals surface area (Å²) < 4.78 is 0. The highest BCUT2D eigenvalue weighted by molar-refractivity contribution is 5.29. The van der Waals surface area contributed by atoms with Crippen molar-refractivity contribution in [1.29, 1.82) is 0 Å². The molecule has 0 radical (unpaired) electrons. The molecular weight excluding hydrogens is 242 g/mol. The van der Waals surface area contributed by atoms with Crippen LogP contribution < -0.4 is 5.73 Å². The van der Waals surface area contributed by atoms with Crippen LogP contribution in [0.2, 0.25) is 0 Å². The molecule has 1 aromatic heterocycles. The zero-order valence-electron chi connectivity index (χ0n) is 11.5. The van der Waals surface area contributed by atoms with Gasteiger partial charge in [-0.3, -0.25) is 0 Å². The van der Waals surface area contributed by atoms with Crippen molar-refractivity contribution in [2.24, 2.45) is 0 Å². The Hall–Kier alpha value is -1.98. The summed E-state index contributed by atoms with van der Waals surface area (Å²) in [5, 5.41) is 14.0. The van der Waals surface area contributed by atoms with E-state index in [4.69, 9.17) is 15.9 Å². The minimum absolute atomic E-state index is 0.339. The Morgan fingerprint density at radius 2 is 1.63 bits per heavy atom. The van der Waals surface area contributed by atoms with Gasteiger partial charge in [0.05, 0.1) is 5.69 Å². The number of anilines is 1. The average Bonchev–Trinajstić information content (AvgIpc) is 2.48. The summed E-state index contributed by atoms with van der Waals surface area (Å²) in [4.78, 5) is 8.18. The van der Waals surface area contributed by atoms with E-state index in [9.17, 15) is 0 Å². The molecule has 1 aromatic carbocycles. The first-order valence-electron chi connectivity index (χ1n) is 5.77. The van der Waals surface area contributed by atoms with Gasteiger partial charge in [0.15, 0.2) is 0 Å². The number of aliphatic hydroxyl groups excluding tert-OH is 2. The van der Waals surface area contributed by atoms with Crippen molar-refractivity contribution in [3.63, 3.8) is 0 Å². The monoisotopic (exact) mass is 263 g/mol. The first kappa shape index (κ1) is 17.0. The summed E-state index contributed by atoms with van der Waals surface area (Å²) in [5.74, 6) is 0.339. The Bertz CT molecular complexity index is 462. The number of hydrogen-bond donors (Lipinski definition) is 3. The lowest BCUT2D eigenvalue weighted by molar-refractivity contribution is 0.399. The highest BCUT2D eigenvalue weighted by atomic mass is 16.2. The number of aryl methyl sites for hydroxylation is 1. The van der Waals surface area contributed by atoms with Gasteiger partial charge >= 0.3 is 0 Å². The number of hydrogen-bond acceptors (Lipinski definition) is 5. The second-order valence-corrected chi connectivity index (χ2v) is 3.52. The second-order valence-electron chi connectivity index (χ2n) is 3.52. The van der Waals surface area contributed by atoms with Crippen molar-refractivity contribution < 1.29 is 10.2 Å². The predicted molar refractivity (Wildman–Crippen MR) is 76.7 cm³/mol. The molecule has 19 heavy (non-hydrogen) atoms. The van der Waals surface area contributed by atoms with Crippen LogP contribution in [0.3, 0.4) is 0 Å². The molecule has 2 aromatic rings. The number of nitrogens with two attached hydrogens (primary N) is 1. The number of nitrogen functional groups attached to an aromatic ring is 1. The highest BCUT2D eigenvalue weighted by Gasteiger charge is 2.02. The fourth-order valence-electron chi connectivity index (χ4n) is 1.46. The Morgan fingerprint density at radius 3 is 2.21 bits per heavy atom. The van der Waals surface area contributed by atoms with Crippen LogP contribution in [-0.2, 0) is 6.42 Å². The lowest BCUT2D eigenvalue weighted by Crippen LogP contribution is -2.02. The molecule has 0 saturated carbocycles. The molecule has 0 fully saturated rings. The van der Waals surface area contributed by atoms with Crippen LogP contribution in [0.1, 0.15) is 16.8 Å². The molecule has 0 atom stereocenters. The molecule has 0 bridgehead atoms. The van der Waals surface area contributed by atoms with Gasteiger partial charge in [-0.25, -0.2) is 9.97 Å². The van der Waals surface area contributed by atoms with E-state index >= 15 is 0 Å². The van der Waals surface area contributed by atoms with Crippen molar-refractivity contribution in [3.8, 4) is 0 Å². The van der Waals surface area contributed by atoms with E-state index in [0.29, 0.717) is 5.95 Å². The van der Waals surface area contributed by atoms with Gasteiger partial charge in [-0.2, -0.15) is 0 Å². The maximum absolute atomic E-state index is 7.00. The fraction of sp³-hybridized carbons (Fsp3) is 0.286. The SMILES string of the molecule is CO.CO.Cc1cnc(N)nc1Cc1ccccc1. The largest absolute Gasteiger partial charge is 0.400 e. The maximum atomic E-state index is 7.00. The third kappa shape index (κ3) is 5.94. The second kappa shape index (κ2) is 9.99. The van der Waals surface area contributed by atoms with Gasteiger partial charge in [0.1, 0.15) is 0 Å². The quantitative estimate of drug-likeness (QED) is 0.756. The topological polar surface area (TPSA) is 92.3 Å². The van der Waals surface area contributed by atoms with Crippen LogP contribution in [0, 0.1) is 6.92 Å². The fourth-order valence-corrected chi connectivity index (χ4v) is 1.46. The van der Waals surface area contributed by atoms with E-state index in [1.165, 1.54) is 5.56 Å². The third-order valence-electron chi connectivity index (χ3n) is 2.31. The Kier molecular flexibility index (Phi) is 8.95. The molecule has 0 amide bonds. The van der Waals surface area contributed by atoms with Gasteiger partial charge in [-0.05, 0) is 18.1 Å². The Labute approximate surface area is 113 Å². The minimum Gasteiger partial charge on any atom is -0.400 e. The first-order chi connectivity index (χ1) is 9.25. The van der Waals surface area contributed by atoms with E-state index < -0.39 is 0 Å². The lowest BCUT2D eigenvalue weighted by Gasteiger charge is -2.04. The number of rotatable bonds is 2. The maximum Gasteiger partial charge on any atom is 0.220 e. The predicted octanol–water partition coefficient (Wildman–Crippen LogP) is 1.18. The standard InChI is InChI=1S/C12H13N3.2CH4O/c1-9-8-14-12(13)15-11(9)7-10-5-3-2-4-6-10;2*1-2/h2-6,8H,7H2,1H3,(H2,13,14,15);2*2H,1H3. The summed E-state index contributed by atoms with van der Waals surface area (Å²) in [5.41, 5.74) is 8.86. The molecule has 0 spiro atoms. The first-order valence-corrected chi connectivity index (χ1v) is 5.77. The summed E-state index contributed by atoms with van der Waals surface area (Å²) in [6.45, 7) is 2.00. The van der Waals surface area contributed by atoms with Crippen LogP contribution in [0.4, 0.5) is 5.95 Å². The molecule has 0 aliphatic carbocycles. The van der Waals surface area contributed by atoms with Crippen LogP contribution in [0.5, 0.6) is 0 Å². The van der Waals surface area contributed by atoms with E-state index in [1.54, 1.807) is 6.20 Å². The van der Waals surface area contributed by atoms with Crippen LogP contribution in [0.25, 0.3) is 0 Å². The molecule has 0 aliphatic rings. The van der Waals surface area contributed by atoms with Crippen molar-refractivity contribution in [3.05, 3.63) is 53.3 Å². The molecule has 0 unspecified atom stereocenters. The average molecular weight is 263 g/mol. The molecule has 104 valence electrons. The number of aromatic nitrogens is 2. The summed E-state index contributed by atoms with van der Waals surface area (Å²) in [6.07, 6.45) is 2.57. The van der Waals surface area contributed by atoms with Crippen molar-refractivity contribution in [2.45, 2.75) is 13.3 Å². The number of nitrogens with zero attached hydrogens (tertiary/aromatic N) is 2. The number of aliphatic hydroxyl groups is 2. The molecule has 5 nitrogen and oxygen atoms in total. The highest BCUT2D eigenvalue weighted by Crippen LogP contribution is 2.11. The van der Waals surface area contributed by atoms with E-state index in [1.807, 2.05) is 25.1 Å². The van der Waals surface area contributed by atoms with Crippen molar-refractivity contribution in [1.82, 2.24) is 9.97 Å². The zero-order chi connectivity index (χ0) is 14.7. The van der Waals surface area contributed by atoms with E-state index in [-0.39, 0.29) is 0 Å². The Balaban J connectivity index is 0.000000741. The van der Waals surface area contributed by atoms with Gasteiger partial charge in [0.25, 0.3) is 0 Å². The smallest absolute Gasteiger partial charge is 0.220 e. The van der Waals surface area contributed by atoms with Crippen LogP contribution in [0.15, 0.2) is 36.5 Å². The van der Waals surface area contributed by atoms with Gasteiger partial charge in [-0.15, -0.1) is 0 Å². The normalized spacial score (nSPS) is 8.68. The van der Waals surface area contributed by atoms with Crippen LogP contribution in [-0.4, -0.2) is 34.4 Å². The molecule has 0 saturated heterocycles. The van der Waals surface area contributed by atoms with E-state index in [0.717, 1.165) is 31.9 Å². The van der Waals surface area contributed by atoms with Crippen molar-refractivity contribution >= 4 is 5.95 Å². The van der Waals surface area contributed by atoms with Gasteiger partial charge in [-0.1, -0.05) is 30.3 Å². The molecule has 2 rings (SSSR count). The molecule has 4 N–H and O–H groups in total. The summed E-state index contributed by atoms with van der Waals surface area (Å²) in [7, 11) is 2.00. The molecule has 0 aliphatic heterocycles. The molecular formula is C14H21N3O2. The molecule has 5 heteroatoms. The van der Waals surface area contributed by atoms with Gasteiger partial charge < -0.3 is 15.9 Å². The lowest BCUT2D eigenvalue weighted by atomic mass is 10.1. The Morgan fingerprint density at radius 1 is 1.05 bits per heavy atom. The third-order valence-corrected chi connectivity index (χ3v) is 2.31. The zero-order valence-corrected chi connectivity index (χ0v) is 11.5. The van der Waals surface area contributed by atoms with Crippen molar-refractivity contribution in [2.75, 3.05) is 20.0 Å². The molecule has 1 heterocycles. The minimum atomic E-state index is 0.339. The number of benzene rings is 1. The summed E-state index contributed by atoms with van der Waals surface area (Å²) in [6, 6.07) is 10.2.